The molecule has 1 aliphatic heterocycles. The summed E-state index contributed by atoms with van der Waals surface area (Å²) in [6.45, 7) is 8.22. The molecule has 38 heavy (non-hydrogen) atoms. The molecule has 0 aliphatic carbocycles. The number of hydrogen-bond acceptors (Lipinski definition) is 9. The number of rotatable bonds is 9. The quantitative estimate of drug-likeness (QED) is 0.422. The van der Waals surface area contributed by atoms with E-state index in [-0.39, 0.29) is 30.4 Å². The van der Waals surface area contributed by atoms with Gasteiger partial charge in [-0.2, -0.15) is 4.98 Å². The van der Waals surface area contributed by atoms with E-state index in [0.717, 1.165) is 40.4 Å². The maximum Gasteiger partial charge on any atom is 0.407 e. The smallest absolute Gasteiger partial charge is 0.407 e. The molecule has 2 amide bonds. The average molecular weight is 526 g/mol. The average Bonchev–Trinajstić information content (AvgIpc) is 3.27. The van der Waals surface area contributed by atoms with Gasteiger partial charge in [0.25, 0.3) is 0 Å². The van der Waals surface area contributed by atoms with Gasteiger partial charge in [0, 0.05) is 45.8 Å². The largest absolute Gasteiger partial charge is 0.465 e. The first-order valence-electron chi connectivity index (χ1n) is 12.7. The second-order valence-electron chi connectivity index (χ2n) is 9.65. The van der Waals surface area contributed by atoms with Crippen molar-refractivity contribution in [3.05, 3.63) is 35.3 Å². The number of aromatic nitrogens is 5. The number of fused-ring (bicyclic) bond motifs is 1. The third kappa shape index (κ3) is 6.03. The Morgan fingerprint density at radius 1 is 1.21 bits per heavy atom. The first-order valence-corrected chi connectivity index (χ1v) is 12.7. The summed E-state index contributed by atoms with van der Waals surface area (Å²) >= 11 is 0. The van der Waals surface area contributed by atoms with Crippen LogP contribution in [0.15, 0.2) is 18.5 Å². The van der Waals surface area contributed by atoms with E-state index >= 15 is 0 Å². The Hall–Kier alpha value is -4.16. The fraction of sp³-hybridized carbons (Fsp3) is 0.520. The van der Waals surface area contributed by atoms with Crippen LogP contribution in [0, 0.1) is 6.92 Å². The SMILES string of the molecule is CCC[C@@H](C)Oc1nc(N)c2ncc(Cc3cnc(N4CCN(C(=O)CN(C)C(=O)O)CC4)c(C)c3)n2n1. The Balaban J connectivity index is 1.43. The second kappa shape index (κ2) is 11.5. The molecule has 0 spiro atoms. The number of pyridine rings is 1. The Morgan fingerprint density at radius 2 is 1.95 bits per heavy atom. The minimum atomic E-state index is -1.12. The first-order chi connectivity index (χ1) is 18.2. The lowest BCUT2D eigenvalue weighted by molar-refractivity contribution is -0.132. The molecule has 0 saturated carbocycles. The Labute approximate surface area is 221 Å². The number of nitrogen functional groups attached to an aromatic ring is 1. The van der Waals surface area contributed by atoms with E-state index in [1.54, 1.807) is 15.6 Å². The summed E-state index contributed by atoms with van der Waals surface area (Å²) in [5.74, 6) is 0.941. The molecule has 1 aliphatic rings. The number of aryl methyl sites for hydroxylation is 1. The van der Waals surface area contributed by atoms with Gasteiger partial charge in [0.1, 0.15) is 12.4 Å². The molecule has 4 rings (SSSR count). The summed E-state index contributed by atoms with van der Waals surface area (Å²) in [4.78, 5) is 41.6. The number of anilines is 2. The normalized spacial score (nSPS) is 14.5. The zero-order chi connectivity index (χ0) is 27.4. The predicted octanol–water partition coefficient (Wildman–Crippen LogP) is 1.83. The van der Waals surface area contributed by atoms with Crippen LogP contribution >= 0.6 is 0 Å². The van der Waals surface area contributed by atoms with Gasteiger partial charge < -0.3 is 30.3 Å². The predicted molar refractivity (Wildman–Crippen MR) is 141 cm³/mol. The van der Waals surface area contributed by atoms with Crippen LogP contribution in [-0.4, -0.2) is 97.3 Å². The first kappa shape index (κ1) is 26.9. The maximum absolute atomic E-state index is 12.4. The Bertz CT molecular complexity index is 1300. The maximum atomic E-state index is 12.4. The molecule has 0 unspecified atom stereocenters. The van der Waals surface area contributed by atoms with Crippen molar-refractivity contribution in [3.63, 3.8) is 0 Å². The molecule has 0 bridgehead atoms. The van der Waals surface area contributed by atoms with Crippen molar-refractivity contribution >= 4 is 29.3 Å². The number of carbonyl (C=O) groups excluding carboxylic acids is 1. The molecule has 13 heteroatoms. The van der Waals surface area contributed by atoms with Gasteiger partial charge in [0.05, 0.1) is 18.0 Å². The van der Waals surface area contributed by atoms with E-state index in [1.807, 2.05) is 20.0 Å². The fourth-order valence-electron chi connectivity index (χ4n) is 4.54. The molecule has 4 heterocycles. The fourth-order valence-corrected chi connectivity index (χ4v) is 4.54. The molecular weight excluding hydrogens is 490 g/mol. The van der Waals surface area contributed by atoms with Gasteiger partial charge in [-0.3, -0.25) is 4.79 Å². The van der Waals surface area contributed by atoms with E-state index in [9.17, 15) is 9.59 Å². The third-order valence-electron chi connectivity index (χ3n) is 6.56. The highest BCUT2D eigenvalue weighted by molar-refractivity contribution is 5.82. The van der Waals surface area contributed by atoms with Crippen molar-refractivity contribution in [2.24, 2.45) is 0 Å². The van der Waals surface area contributed by atoms with Gasteiger partial charge in [-0.05, 0) is 31.4 Å². The van der Waals surface area contributed by atoms with Gasteiger partial charge >= 0.3 is 12.1 Å². The van der Waals surface area contributed by atoms with Crippen LogP contribution < -0.4 is 15.4 Å². The molecule has 3 aromatic rings. The molecule has 13 nitrogen and oxygen atoms in total. The van der Waals surface area contributed by atoms with Crippen LogP contribution in [0.25, 0.3) is 5.65 Å². The summed E-state index contributed by atoms with van der Waals surface area (Å²) in [5.41, 5.74) is 9.47. The minimum absolute atomic E-state index is 0.0192. The van der Waals surface area contributed by atoms with Gasteiger partial charge in [0.15, 0.2) is 11.5 Å². The van der Waals surface area contributed by atoms with Crippen molar-refractivity contribution in [2.45, 2.75) is 46.1 Å². The van der Waals surface area contributed by atoms with Crippen molar-refractivity contribution in [1.29, 1.82) is 0 Å². The van der Waals surface area contributed by atoms with Crippen LogP contribution in [0.3, 0.4) is 0 Å². The second-order valence-corrected chi connectivity index (χ2v) is 9.65. The van der Waals surface area contributed by atoms with Crippen LogP contribution in [0.1, 0.15) is 43.5 Å². The number of hydrogen-bond donors (Lipinski definition) is 2. The van der Waals surface area contributed by atoms with Crippen molar-refractivity contribution in [1.82, 2.24) is 34.4 Å². The van der Waals surface area contributed by atoms with E-state index < -0.39 is 6.09 Å². The number of ether oxygens (including phenoxy) is 1. The van der Waals surface area contributed by atoms with Crippen LogP contribution in [-0.2, 0) is 11.2 Å². The van der Waals surface area contributed by atoms with Gasteiger partial charge in [-0.25, -0.2) is 19.3 Å². The lowest BCUT2D eigenvalue weighted by Gasteiger charge is -2.36. The summed E-state index contributed by atoms with van der Waals surface area (Å²) in [5, 5.41) is 13.5. The van der Waals surface area contributed by atoms with Crippen molar-refractivity contribution < 1.29 is 19.4 Å². The lowest BCUT2D eigenvalue weighted by Crippen LogP contribution is -2.51. The Kier molecular flexibility index (Phi) is 8.13. The van der Waals surface area contributed by atoms with E-state index in [2.05, 4.69) is 33.0 Å². The van der Waals surface area contributed by atoms with Crippen LogP contribution in [0.5, 0.6) is 6.01 Å². The van der Waals surface area contributed by atoms with E-state index in [4.69, 9.17) is 20.6 Å². The van der Waals surface area contributed by atoms with Crippen LogP contribution in [0.4, 0.5) is 16.4 Å². The molecule has 204 valence electrons. The topological polar surface area (TPSA) is 155 Å². The van der Waals surface area contributed by atoms with E-state index in [1.165, 1.54) is 7.05 Å². The minimum Gasteiger partial charge on any atom is -0.465 e. The monoisotopic (exact) mass is 525 g/mol. The highest BCUT2D eigenvalue weighted by Gasteiger charge is 2.24. The number of likely N-dealkylation sites (N-methyl/N-ethyl adjacent to an activating group) is 1. The summed E-state index contributed by atoms with van der Waals surface area (Å²) < 4.78 is 7.53. The molecule has 1 saturated heterocycles. The molecule has 1 atom stereocenters. The van der Waals surface area contributed by atoms with E-state index in [0.29, 0.717) is 38.2 Å². The molecular formula is C25H35N9O4. The summed E-state index contributed by atoms with van der Waals surface area (Å²) in [6, 6.07) is 2.32. The molecule has 3 aromatic heterocycles. The molecule has 0 aromatic carbocycles. The molecule has 0 radical (unpaired) electrons. The number of nitrogens with zero attached hydrogens (tertiary/aromatic N) is 8. The number of piperazine rings is 1. The van der Waals surface area contributed by atoms with Gasteiger partial charge in [-0.1, -0.05) is 19.4 Å². The number of amides is 2. The summed E-state index contributed by atoms with van der Waals surface area (Å²) in [6.07, 6.45) is 4.88. The highest BCUT2D eigenvalue weighted by atomic mass is 16.5. The number of carboxylic acid groups (broad SMARTS) is 1. The number of carbonyl (C=O) groups is 2. The van der Waals surface area contributed by atoms with Gasteiger partial charge in [-0.15, -0.1) is 5.10 Å². The van der Waals surface area contributed by atoms with Crippen molar-refractivity contribution in [3.8, 4) is 6.01 Å². The standard InChI is InChI=1S/C25H35N9O4/c1-5-6-17(3)38-24-29-21(26)23-28-14-19(34(23)30-24)12-18-11-16(2)22(27-13-18)33-9-7-32(8-10-33)20(35)15-31(4)25(36)37/h11,13-14,17H,5-10,12,15H2,1-4H3,(H,36,37)(H2,26,29,30)/t17-/m1/s1. The zero-order valence-corrected chi connectivity index (χ0v) is 22.3. The molecule has 3 N–H and O–H groups in total. The molecule has 1 fully saturated rings. The summed E-state index contributed by atoms with van der Waals surface area (Å²) in [7, 11) is 1.39. The third-order valence-corrected chi connectivity index (χ3v) is 6.56. The zero-order valence-electron chi connectivity index (χ0n) is 22.3. The lowest BCUT2D eigenvalue weighted by atomic mass is 10.1. The Morgan fingerprint density at radius 3 is 2.61 bits per heavy atom. The number of nitrogens with two attached hydrogens (primary N) is 1. The van der Waals surface area contributed by atoms with Gasteiger partial charge in [0.2, 0.25) is 5.91 Å². The van der Waals surface area contributed by atoms with Crippen molar-refractivity contribution in [2.75, 3.05) is 50.4 Å². The van der Waals surface area contributed by atoms with Crippen LogP contribution in [0.2, 0.25) is 0 Å². The number of imidazole rings is 1. The highest BCUT2D eigenvalue weighted by Crippen LogP contribution is 2.22.